The van der Waals surface area contributed by atoms with Crippen LogP contribution in [0.3, 0.4) is 0 Å². The number of aromatic nitrogens is 1. The van der Waals surface area contributed by atoms with Gasteiger partial charge in [0, 0.05) is 19.6 Å². The van der Waals surface area contributed by atoms with E-state index in [9.17, 15) is 4.79 Å². The second kappa shape index (κ2) is 9.47. The van der Waals surface area contributed by atoms with Crippen LogP contribution in [-0.4, -0.2) is 37.1 Å². The highest BCUT2D eigenvalue weighted by Crippen LogP contribution is 2.33. The van der Waals surface area contributed by atoms with Crippen molar-refractivity contribution in [2.24, 2.45) is 5.92 Å². The number of amides is 1. The first-order chi connectivity index (χ1) is 14.6. The summed E-state index contributed by atoms with van der Waals surface area (Å²) in [5.74, 6) is 1.05. The van der Waals surface area contributed by atoms with Gasteiger partial charge >= 0.3 is 0 Å². The van der Waals surface area contributed by atoms with E-state index in [0.717, 1.165) is 53.4 Å². The molecule has 1 atom stereocenters. The molecule has 0 aliphatic carbocycles. The molecule has 0 bridgehead atoms. The Morgan fingerprint density at radius 3 is 2.90 bits per heavy atom. The van der Waals surface area contributed by atoms with Gasteiger partial charge in [-0.3, -0.25) is 4.79 Å². The average molecular weight is 424 g/mol. The van der Waals surface area contributed by atoms with Crippen molar-refractivity contribution in [1.29, 1.82) is 0 Å². The van der Waals surface area contributed by atoms with Gasteiger partial charge in [-0.1, -0.05) is 41.2 Å². The standard InChI is InChI=1S/C24H29N3O2S/c1-3-29-20-10-11-21-22(15-20)30-24(26-21)27-14-4-5-19(16-27)23(28)25-13-12-18-8-6-17(2)7-9-18/h6-11,15,19H,3-5,12-14,16H2,1-2H3,(H,25,28)/t19-/m1/s1. The molecular weight excluding hydrogens is 394 g/mol. The maximum Gasteiger partial charge on any atom is 0.224 e. The molecule has 4 rings (SSSR count). The Hall–Kier alpha value is -2.60. The Morgan fingerprint density at radius 1 is 1.27 bits per heavy atom. The summed E-state index contributed by atoms with van der Waals surface area (Å²) in [6.07, 6.45) is 2.81. The highest BCUT2D eigenvalue weighted by atomic mass is 32.1. The van der Waals surface area contributed by atoms with Crippen LogP contribution in [0.4, 0.5) is 5.13 Å². The first kappa shape index (κ1) is 20.7. The highest BCUT2D eigenvalue weighted by Gasteiger charge is 2.27. The van der Waals surface area contributed by atoms with E-state index in [-0.39, 0.29) is 11.8 Å². The third-order valence-electron chi connectivity index (χ3n) is 5.56. The van der Waals surface area contributed by atoms with Crippen LogP contribution in [-0.2, 0) is 11.2 Å². The van der Waals surface area contributed by atoms with Crippen LogP contribution in [0.5, 0.6) is 5.75 Å². The number of carbonyl (C=O) groups excluding carboxylic acids is 1. The summed E-state index contributed by atoms with van der Waals surface area (Å²) in [6.45, 7) is 7.09. The quantitative estimate of drug-likeness (QED) is 0.604. The van der Waals surface area contributed by atoms with E-state index >= 15 is 0 Å². The summed E-state index contributed by atoms with van der Waals surface area (Å²) in [4.78, 5) is 19.8. The van der Waals surface area contributed by atoms with Gasteiger partial charge in [-0.25, -0.2) is 4.98 Å². The van der Waals surface area contributed by atoms with Crippen LogP contribution in [0.2, 0.25) is 0 Å². The maximum absolute atomic E-state index is 12.7. The van der Waals surface area contributed by atoms with Crippen molar-refractivity contribution >= 4 is 32.6 Å². The lowest BCUT2D eigenvalue weighted by molar-refractivity contribution is -0.125. The number of carbonyl (C=O) groups is 1. The zero-order chi connectivity index (χ0) is 20.9. The molecule has 0 saturated carbocycles. The van der Waals surface area contributed by atoms with Gasteiger partial charge in [0.1, 0.15) is 5.75 Å². The number of hydrogen-bond donors (Lipinski definition) is 1. The number of piperidine rings is 1. The summed E-state index contributed by atoms with van der Waals surface area (Å²) in [7, 11) is 0. The zero-order valence-electron chi connectivity index (χ0n) is 17.7. The Bertz CT molecular complexity index is 999. The van der Waals surface area contributed by atoms with Gasteiger partial charge in [-0.05, 0) is 56.9 Å². The van der Waals surface area contributed by atoms with Gasteiger partial charge in [0.15, 0.2) is 5.13 Å². The van der Waals surface area contributed by atoms with Crippen molar-refractivity contribution in [3.8, 4) is 5.75 Å². The van der Waals surface area contributed by atoms with E-state index in [4.69, 9.17) is 9.72 Å². The molecule has 1 fully saturated rings. The molecule has 0 spiro atoms. The van der Waals surface area contributed by atoms with Crippen LogP contribution in [0, 0.1) is 12.8 Å². The molecule has 158 valence electrons. The number of nitrogens with one attached hydrogen (secondary N) is 1. The normalized spacial score (nSPS) is 16.6. The molecule has 0 radical (unpaired) electrons. The topological polar surface area (TPSA) is 54.5 Å². The molecule has 2 aromatic carbocycles. The molecule has 2 heterocycles. The van der Waals surface area contributed by atoms with E-state index in [1.807, 2.05) is 19.1 Å². The Balaban J connectivity index is 1.34. The Morgan fingerprint density at radius 2 is 2.10 bits per heavy atom. The number of anilines is 1. The number of nitrogens with zero attached hydrogens (tertiary/aromatic N) is 2. The zero-order valence-corrected chi connectivity index (χ0v) is 18.5. The summed E-state index contributed by atoms with van der Waals surface area (Å²) in [5.41, 5.74) is 3.50. The fourth-order valence-electron chi connectivity index (χ4n) is 3.88. The molecule has 1 amide bonds. The highest BCUT2D eigenvalue weighted by molar-refractivity contribution is 7.22. The molecule has 1 aromatic heterocycles. The largest absolute Gasteiger partial charge is 0.494 e. The summed E-state index contributed by atoms with van der Waals surface area (Å²) < 4.78 is 6.73. The predicted molar refractivity (Wildman–Crippen MR) is 124 cm³/mol. The SMILES string of the molecule is CCOc1ccc2nc(N3CCC[C@@H](C(=O)NCCc4ccc(C)cc4)C3)sc2c1. The van der Waals surface area contributed by atoms with Gasteiger partial charge in [-0.15, -0.1) is 0 Å². The third kappa shape index (κ3) is 4.93. The van der Waals surface area contributed by atoms with Crippen molar-refractivity contribution in [2.45, 2.75) is 33.1 Å². The minimum Gasteiger partial charge on any atom is -0.494 e. The lowest BCUT2D eigenvalue weighted by atomic mass is 9.97. The number of fused-ring (bicyclic) bond motifs is 1. The number of ether oxygens (including phenoxy) is 1. The van der Waals surface area contributed by atoms with E-state index < -0.39 is 0 Å². The van der Waals surface area contributed by atoms with Crippen LogP contribution in [0.1, 0.15) is 30.9 Å². The van der Waals surface area contributed by atoms with E-state index in [1.54, 1.807) is 11.3 Å². The number of benzene rings is 2. The molecular formula is C24H29N3O2S. The van der Waals surface area contributed by atoms with Gasteiger partial charge in [0.2, 0.25) is 5.91 Å². The molecule has 0 unspecified atom stereocenters. The summed E-state index contributed by atoms with van der Waals surface area (Å²) in [6, 6.07) is 14.5. The second-order valence-electron chi connectivity index (χ2n) is 7.87. The number of aryl methyl sites for hydroxylation is 1. The lowest BCUT2D eigenvalue weighted by Gasteiger charge is -2.31. The Kier molecular flexibility index (Phi) is 6.53. The van der Waals surface area contributed by atoms with Gasteiger partial charge in [0.05, 0.1) is 22.7 Å². The van der Waals surface area contributed by atoms with Crippen LogP contribution < -0.4 is 15.0 Å². The van der Waals surface area contributed by atoms with Crippen molar-refractivity contribution in [3.05, 3.63) is 53.6 Å². The van der Waals surface area contributed by atoms with Gasteiger partial charge < -0.3 is 15.0 Å². The van der Waals surface area contributed by atoms with E-state index in [1.165, 1.54) is 11.1 Å². The first-order valence-electron chi connectivity index (χ1n) is 10.7. The van der Waals surface area contributed by atoms with E-state index in [0.29, 0.717) is 13.2 Å². The molecule has 1 aliphatic heterocycles. The third-order valence-corrected chi connectivity index (χ3v) is 6.63. The predicted octanol–water partition coefficient (Wildman–Crippen LogP) is 4.58. The van der Waals surface area contributed by atoms with E-state index in [2.05, 4.69) is 47.5 Å². The van der Waals surface area contributed by atoms with Gasteiger partial charge in [-0.2, -0.15) is 0 Å². The molecule has 3 aromatic rings. The van der Waals surface area contributed by atoms with Crippen molar-refractivity contribution in [2.75, 3.05) is 31.1 Å². The van der Waals surface area contributed by atoms with Crippen molar-refractivity contribution in [3.63, 3.8) is 0 Å². The molecule has 6 heteroatoms. The molecule has 30 heavy (non-hydrogen) atoms. The fraction of sp³-hybridized carbons (Fsp3) is 0.417. The van der Waals surface area contributed by atoms with Crippen molar-refractivity contribution in [1.82, 2.24) is 10.3 Å². The van der Waals surface area contributed by atoms with Crippen LogP contribution in [0.25, 0.3) is 10.2 Å². The van der Waals surface area contributed by atoms with Gasteiger partial charge in [0.25, 0.3) is 0 Å². The summed E-state index contributed by atoms with van der Waals surface area (Å²) >= 11 is 1.68. The van der Waals surface area contributed by atoms with Crippen LogP contribution in [0.15, 0.2) is 42.5 Å². The number of rotatable bonds is 7. The minimum absolute atomic E-state index is 0.0164. The monoisotopic (exact) mass is 423 g/mol. The number of thiazole rings is 1. The van der Waals surface area contributed by atoms with Crippen LogP contribution >= 0.6 is 11.3 Å². The summed E-state index contributed by atoms with van der Waals surface area (Å²) in [5, 5.41) is 4.13. The molecule has 1 N–H and O–H groups in total. The maximum atomic E-state index is 12.7. The molecule has 5 nitrogen and oxygen atoms in total. The first-order valence-corrected chi connectivity index (χ1v) is 11.6. The molecule has 1 saturated heterocycles. The number of hydrogen-bond acceptors (Lipinski definition) is 5. The second-order valence-corrected chi connectivity index (χ2v) is 8.88. The van der Waals surface area contributed by atoms with Crippen molar-refractivity contribution < 1.29 is 9.53 Å². The molecule has 1 aliphatic rings. The smallest absolute Gasteiger partial charge is 0.224 e. The lowest BCUT2D eigenvalue weighted by Crippen LogP contribution is -2.43. The minimum atomic E-state index is 0.0164. The Labute approximate surface area is 182 Å². The fourth-order valence-corrected chi connectivity index (χ4v) is 4.91. The average Bonchev–Trinajstić information content (AvgIpc) is 3.19.